The zero-order valence-corrected chi connectivity index (χ0v) is 9.87. The normalized spacial score (nSPS) is 9.69. The summed E-state index contributed by atoms with van der Waals surface area (Å²) in [7, 11) is 4.86. The molecule has 0 saturated carbocycles. The lowest BCUT2D eigenvalue weighted by Crippen LogP contribution is -2.18. The van der Waals surface area contributed by atoms with E-state index in [1.165, 1.54) is 0 Å². The van der Waals surface area contributed by atoms with Gasteiger partial charge in [-0.15, -0.1) is 0 Å². The number of aryl methyl sites for hydroxylation is 1. The van der Waals surface area contributed by atoms with Gasteiger partial charge in [0.15, 0.2) is 0 Å². The van der Waals surface area contributed by atoms with E-state index in [9.17, 15) is 4.79 Å². The Bertz CT molecular complexity index is 363. The molecule has 88 valence electrons. The number of nitrogens with one attached hydrogen (secondary N) is 1. The highest BCUT2D eigenvalue weighted by Gasteiger charge is 2.07. The summed E-state index contributed by atoms with van der Waals surface area (Å²) >= 11 is 0. The van der Waals surface area contributed by atoms with Crippen molar-refractivity contribution < 1.29 is 14.3 Å². The Balaban J connectivity index is 2.78. The molecule has 0 spiro atoms. The van der Waals surface area contributed by atoms with Crippen molar-refractivity contribution in [1.29, 1.82) is 0 Å². The standard InChI is InChI=1S/C12H17NO3/c1-13-12(14)7-4-9-8-10(15-2)5-6-11(9)16-3/h5-6,8H,4,7H2,1-3H3,(H,13,14). The van der Waals surface area contributed by atoms with E-state index in [0.29, 0.717) is 12.8 Å². The first-order valence-electron chi connectivity index (χ1n) is 5.12. The molecule has 0 heterocycles. The van der Waals surface area contributed by atoms with Gasteiger partial charge in [-0.3, -0.25) is 4.79 Å². The quantitative estimate of drug-likeness (QED) is 0.820. The largest absolute Gasteiger partial charge is 0.497 e. The highest BCUT2D eigenvalue weighted by Crippen LogP contribution is 2.24. The van der Waals surface area contributed by atoms with Crippen molar-refractivity contribution in [2.75, 3.05) is 21.3 Å². The van der Waals surface area contributed by atoms with E-state index in [1.54, 1.807) is 21.3 Å². The summed E-state index contributed by atoms with van der Waals surface area (Å²) in [6.45, 7) is 0. The van der Waals surface area contributed by atoms with Gasteiger partial charge in [0.25, 0.3) is 0 Å². The molecule has 1 aromatic carbocycles. The first-order chi connectivity index (χ1) is 7.71. The highest BCUT2D eigenvalue weighted by molar-refractivity contribution is 5.75. The Kier molecular flexibility index (Phi) is 4.64. The van der Waals surface area contributed by atoms with Gasteiger partial charge < -0.3 is 14.8 Å². The molecule has 1 aromatic rings. The lowest BCUT2D eigenvalue weighted by Gasteiger charge is -2.09. The van der Waals surface area contributed by atoms with Crippen LogP contribution in [0.3, 0.4) is 0 Å². The molecule has 1 N–H and O–H groups in total. The van der Waals surface area contributed by atoms with Gasteiger partial charge in [0.1, 0.15) is 11.5 Å². The van der Waals surface area contributed by atoms with Crippen molar-refractivity contribution in [3.05, 3.63) is 23.8 Å². The fraction of sp³-hybridized carbons (Fsp3) is 0.417. The molecule has 0 aliphatic heterocycles. The van der Waals surface area contributed by atoms with Crippen LogP contribution in [-0.4, -0.2) is 27.2 Å². The van der Waals surface area contributed by atoms with Crippen LogP contribution in [0.2, 0.25) is 0 Å². The summed E-state index contributed by atoms with van der Waals surface area (Å²) in [5, 5.41) is 2.59. The Labute approximate surface area is 95.6 Å². The monoisotopic (exact) mass is 223 g/mol. The zero-order chi connectivity index (χ0) is 12.0. The third kappa shape index (κ3) is 3.15. The van der Waals surface area contributed by atoms with E-state index >= 15 is 0 Å². The Hall–Kier alpha value is -1.71. The smallest absolute Gasteiger partial charge is 0.220 e. The van der Waals surface area contributed by atoms with Crippen LogP contribution in [0.4, 0.5) is 0 Å². The molecule has 0 fully saturated rings. The Morgan fingerprint density at radius 2 is 2.06 bits per heavy atom. The van der Waals surface area contributed by atoms with Gasteiger partial charge >= 0.3 is 0 Å². The van der Waals surface area contributed by atoms with Gasteiger partial charge in [-0.1, -0.05) is 0 Å². The second-order valence-electron chi connectivity index (χ2n) is 3.35. The molecule has 0 saturated heterocycles. The van der Waals surface area contributed by atoms with Crippen LogP contribution in [0.1, 0.15) is 12.0 Å². The number of rotatable bonds is 5. The number of hydrogen-bond acceptors (Lipinski definition) is 3. The van der Waals surface area contributed by atoms with Gasteiger partial charge in [0.2, 0.25) is 5.91 Å². The third-order valence-corrected chi connectivity index (χ3v) is 2.39. The molecule has 1 rings (SSSR count). The second kappa shape index (κ2) is 6.00. The van der Waals surface area contributed by atoms with Crippen molar-refractivity contribution in [3.63, 3.8) is 0 Å². The minimum Gasteiger partial charge on any atom is -0.497 e. The topological polar surface area (TPSA) is 47.6 Å². The molecule has 0 aliphatic rings. The molecule has 4 nitrogen and oxygen atoms in total. The number of amides is 1. The van der Waals surface area contributed by atoms with Crippen molar-refractivity contribution in [3.8, 4) is 11.5 Å². The van der Waals surface area contributed by atoms with Crippen LogP contribution in [0.25, 0.3) is 0 Å². The molecule has 16 heavy (non-hydrogen) atoms. The first kappa shape index (κ1) is 12.4. The molecule has 0 atom stereocenters. The van der Waals surface area contributed by atoms with Gasteiger partial charge in [-0.05, 0) is 30.2 Å². The predicted octanol–water partition coefficient (Wildman–Crippen LogP) is 1.38. The number of ether oxygens (including phenoxy) is 2. The predicted molar refractivity (Wildman–Crippen MR) is 61.9 cm³/mol. The maximum absolute atomic E-state index is 11.2. The lowest BCUT2D eigenvalue weighted by atomic mass is 10.1. The van der Waals surface area contributed by atoms with Gasteiger partial charge in [0, 0.05) is 13.5 Å². The van der Waals surface area contributed by atoms with Crippen molar-refractivity contribution in [2.45, 2.75) is 12.8 Å². The Morgan fingerprint density at radius 3 is 2.62 bits per heavy atom. The molecule has 4 heteroatoms. The third-order valence-electron chi connectivity index (χ3n) is 2.39. The summed E-state index contributed by atoms with van der Waals surface area (Å²) in [6.07, 6.45) is 1.08. The maximum Gasteiger partial charge on any atom is 0.220 e. The molecule has 0 bridgehead atoms. The van der Waals surface area contributed by atoms with Crippen molar-refractivity contribution in [2.24, 2.45) is 0 Å². The molecule has 0 aliphatic carbocycles. The Morgan fingerprint density at radius 1 is 1.31 bits per heavy atom. The number of carbonyl (C=O) groups excluding carboxylic acids is 1. The van der Waals surface area contributed by atoms with E-state index in [0.717, 1.165) is 17.1 Å². The van der Waals surface area contributed by atoms with Gasteiger partial charge in [0.05, 0.1) is 14.2 Å². The SMILES string of the molecule is CNC(=O)CCc1cc(OC)ccc1OC. The van der Waals surface area contributed by atoms with E-state index in [1.807, 2.05) is 18.2 Å². The molecule has 0 unspecified atom stereocenters. The molecular formula is C12H17NO3. The number of hydrogen-bond donors (Lipinski definition) is 1. The minimum absolute atomic E-state index is 0.0184. The summed E-state index contributed by atoms with van der Waals surface area (Å²) in [5.41, 5.74) is 0.977. The fourth-order valence-corrected chi connectivity index (χ4v) is 1.45. The molecule has 1 amide bonds. The van der Waals surface area contributed by atoms with Crippen LogP contribution >= 0.6 is 0 Å². The average Bonchev–Trinajstić information content (AvgIpc) is 2.35. The van der Waals surface area contributed by atoms with E-state index in [2.05, 4.69) is 5.32 Å². The minimum atomic E-state index is 0.0184. The van der Waals surface area contributed by atoms with Crippen LogP contribution in [0, 0.1) is 0 Å². The summed E-state index contributed by atoms with van der Waals surface area (Å²) < 4.78 is 10.4. The van der Waals surface area contributed by atoms with Gasteiger partial charge in [-0.2, -0.15) is 0 Å². The van der Waals surface area contributed by atoms with Crippen LogP contribution < -0.4 is 14.8 Å². The molecule has 0 aromatic heterocycles. The number of carbonyl (C=O) groups is 1. The average molecular weight is 223 g/mol. The summed E-state index contributed by atoms with van der Waals surface area (Å²) in [5.74, 6) is 1.57. The van der Waals surface area contributed by atoms with Crippen molar-refractivity contribution in [1.82, 2.24) is 5.32 Å². The second-order valence-corrected chi connectivity index (χ2v) is 3.35. The fourth-order valence-electron chi connectivity index (χ4n) is 1.45. The van der Waals surface area contributed by atoms with E-state index < -0.39 is 0 Å². The summed E-state index contributed by atoms with van der Waals surface area (Å²) in [6, 6.07) is 5.57. The number of benzene rings is 1. The van der Waals surface area contributed by atoms with Crippen LogP contribution in [0.15, 0.2) is 18.2 Å². The molecule has 0 radical (unpaired) electrons. The number of methoxy groups -OCH3 is 2. The van der Waals surface area contributed by atoms with Gasteiger partial charge in [-0.25, -0.2) is 0 Å². The van der Waals surface area contributed by atoms with Crippen LogP contribution in [-0.2, 0) is 11.2 Å². The summed E-state index contributed by atoms with van der Waals surface area (Å²) in [4.78, 5) is 11.2. The van der Waals surface area contributed by atoms with Crippen molar-refractivity contribution >= 4 is 5.91 Å². The highest BCUT2D eigenvalue weighted by atomic mass is 16.5. The van der Waals surface area contributed by atoms with Crippen LogP contribution in [0.5, 0.6) is 11.5 Å². The maximum atomic E-state index is 11.2. The lowest BCUT2D eigenvalue weighted by molar-refractivity contribution is -0.120. The molecular weight excluding hydrogens is 206 g/mol. The van der Waals surface area contributed by atoms with E-state index in [-0.39, 0.29) is 5.91 Å². The first-order valence-corrected chi connectivity index (χ1v) is 5.12. The zero-order valence-electron chi connectivity index (χ0n) is 9.87. The van der Waals surface area contributed by atoms with E-state index in [4.69, 9.17) is 9.47 Å².